The summed E-state index contributed by atoms with van der Waals surface area (Å²) in [5.41, 5.74) is 0.875. The maximum Gasteiger partial charge on any atom is 0.303 e. The van der Waals surface area contributed by atoms with Crippen molar-refractivity contribution in [2.24, 2.45) is 0 Å². The van der Waals surface area contributed by atoms with Gasteiger partial charge in [0.25, 0.3) is 0 Å². The second kappa shape index (κ2) is 4.64. The Labute approximate surface area is 75.8 Å². The van der Waals surface area contributed by atoms with Gasteiger partial charge in [-0.1, -0.05) is 0 Å². The number of nitrogens with zero attached hydrogens (tertiary/aromatic N) is 1. The molecule has 0 aliphatic heterocycles. The van der Waals surface area contributed by atoms with E-state index in [1.807, 2.05) is 6.07 Å². The number of carboxylic acids is 1. The lowest BCUT2D eigenvalue weighted by Crippen LogP contribution is -2.05. The van der Waals surface area contributed by atoms with Crippen LogP contribution in [-0.4, -0.2) is 22.3 Å². The molecule has 1 N–H and O–H groups in total. The number of carbonyl (C=O) groups is 1. The maximum absolute atomic E-state index is 12.0. The highest BCUT2D eigenvalue weighted by molar-refractivity contribution is 5.66. The maximum atomic E-state index is 12.0. The van der Waals surface area contributed by atoms with Crippen LogP contribution in [0.5, 0.6) is 0 Å². The predicted octanol–water partition coefficient (Wildman–Crippen LogP) is 1.47. The van der Waals surface area contributed by atoms with Crippen LogP contribution in [0.2, 0.25) is 0 Å². The normalized spacial score (nSPS) is 10.2. The first-order valence-corrected chi connectivity index (χ1v) is 4.16. The Kier molecular flexibility index (Phi) is 3.49. The van der Waals surface area contributed by atoms with Gasteiger partial charge in [0, 0.05) is 11.9 Å². The minimum atomic E-state index is -0.826. The van der Waals surface area contributed by atoms with Gasteiger partial charge in [0.15, 0.2) is 0 Å². The van der Waals surface area contributed by atoms with Gasteiger partial charge in [-0.05, 0) is 18.6 Å². The highest BCUT2D eigenvalue weighted by Crippen LogP contribution is 2.05. The van der Waals surface area contributed by atoms with Crippen LogP contribution in [0.4, 0.5) is 4.39 Å². The molecule has 0 radical (unpaired) electrons. The Hall–Kier alpha value is -1.32. The van der Waals surface area contributed by atoms with Gasteiger partial charge in [-0.2, -0.15) is 0 Å². The molecule has 1 heterocycles. The summed E-state index contributed by atoms with van der Waals surface area (Å²) in [5.74, 6) is -0.826. The Bertz CT molecular complexity index is 283. The van der Waals surface area contributed by atoms with Crippen molar-refractivity contribution < 1.29 is 14.3 Å². The molecule has 13 heavy (non-hydrogen) atoms. The summed E-state index contributed by atoms with van der Waals surface area (Å²) in [4.78, 5) is 10.3. The van der Waals surface area contributed by atoms with Gasteiger partial charge in [-0.3, -0.25) is 4.79 Å². The fourth-order valence-electron chi connectivity index (χ4n) is 1.22. The number of aliphatic carboxylic acids is 1. The molecule has 3 nitrogen and oxygen atoms in total. The number of rotatable bonds is 5. The largest absolute Gasteiger partial charge is 0.481 e. The molecule has 0 aliphatic carbocycles. The highest BCUT2D eigenvalue weighted by Gasteiger charge is 2.03. The molecule has 0 aromatic carbocycles. The molecule has 0 fully saturated rings. The molecule has 0 atom stereocenters. The molecule has 0 aliphatic rings. The van der Waals surface area contributed by atoms with E-state index in [1.54, 1.807) is 16.8 Å². The van der Waals surface area contributed by atoms with Crippen molar-refractivity contribution in [1.82, 2.24) is 4.57 Å². The van der Waals surface area contributed by atoms with Crippen molar-refractivity contribution in [2.45, 2.75) is 19.4 Å². The minimum Gasteiger partial charge on any atom is -0.481 e. The third-order valence-corrected chi connectivity index (χ3v) is 1.84. The highest BCUT2D eigenvalue weighted by atomic mass is 19.1. The zero-order valence-electron chi connectivity index (χ0n) is 7.24. The molecule has 0 bridgehead atoms. The van der Waals surface area contributed by atoms with E-state index >= 15 is 0 Å². The van der Waals surface area contributed by atoms with E-state index in [1.165, 1.54) is 0 Å². The van der Waals surface area contributed by atoms with E-state index in [9.17, 15) is 9.18 Å². The molecule has 72 valence electrons. The van der Waals surface area contributed by atoms with Crippen molar-refractivity contribution in [3.63, 3.8) is 0 Å². The van der Waals surface area contributed by atoms with Crippen LogP contribution in [0.15, 0.2) is 18.3 Å². The number of alkyl halides is 1. The van der Waals surface area contributed by atoms with E-state index < -0.39 is 12.6 Å². The number of hydrogen-bond donors (Lipinski definition) is 1. The summed E-state index contributed by atoms with van der Waals surface area (Å²) in [6.07, 6.45) is 2.31. The van der Waals surface area contributed by atoms with Crippen LogP contribution >= 0.6 is 0 Å². The molecule has 0 saturated heterocycles. The van der Waals surface area contributed by atoms with Crippen molar-refractivity contribution in [3.8, 4) is 0 Å². The second-order valence-corrected chi connectivity index (χ2v) is 2.78. The van der Waals surface area contributed by atoms with Gasteiger partial charge < -0.3 is 9.67 Å². The standard InChI is InChI=1S/C9H12FNO2/c10-5-7-11-6-1-2-8(11)3-4-9(12)13/h1-2,6H,3-5,7H2,(H,12,13). The molecule has 1 aromatic rings. The fourth-order valence-corrected chi connectivity index (χ4v) is 1.22. The lowest BCUT2D eigenvalue weighted by molar-refractivity contribution is -0.136. The van der Waals surface area contributed by atoms with E-state index in [0.29, 0.717) is 13.0 Å². The number of halogens is 1. The average molecular weight is 185 g/mol. The summed E-state index contributed by atoms with van der Waals surface area (Å²) < 4.78 is 13.7. The fraction of sp³-hybridized carbons (Fsp3) is 0.444. The van der Waals surface area contributed by atoms with Crippen LogP contribution in [0.3, 0.4) is 0 Å². The number of aryl methyl sites for hydroxylation is 2. The number of hydrogen-bond acceptors (Lipinski definition) is 1. The Morgan fingerprint density at radius 1 is 1.62 bits per heavy atom. The molecular weight excluding hydrogens is 173 g/mol. The van der Waals surface area contributed by atoms with Crippen molar-refractivity contribution >= 4 is 5.97 Å². The van der Waals surface area contributed by atoms with Gasteiger partial charge in [0.05, 0.1) is 13.0 Å². The monoisotopic (exact) mass is 185 g/mol. The summed E-state index contributed by atoms with van der Waals surface area (Å²) in [6, 6.07) is 3.62. The van der Waals surface area contributed by atoms with E-state index in [2.05, 4.69) is 0 Å². The second-order valence-electron chi connectivity index (χ2n) is 2.78. The molecule has 0 amide bonds. The Morgan fingerprint density at radius 3 is 3.00 bits per heavy atom. The minimum absolute atomic E-state index is 0.0936. The topological polar surface area (TPSA) is 42.2 Å². The number of carboxylic acid groups (broad SMARTS) is 1. The predicted molar refractivity (Wildman–Crippen MR) is 46.4 cm³/mol. The zero-order chi connectivity index (χ0) is 9.68. The Morgan fingerprint density at radius 2 is 2.38 bits per heavy atom. The van der Waals surface area contributed by atoms with Crippen LogP contribution in [0.25, 0.3) is 0 Å². The quantitative estimate of drug-likeness (QED) is 0.754. The van der Waals surface area contributed by atoms with Gasteiger partial charge in [-0.25, -0.2) is 4.39 Å². The van der Waals surface area contributed by atoms with Gasteiger partial charge in [0.2, 0.25) is 0 Å². The lowest BCUT2D eigenvalue weighted by atomic mass is 10.2. The summed E-state index contributed by atoms with van der Waals surface area (Å²) in [6.45, 7) is -0.114. The molecule has 0 unspecified atom stereocenters. The third-order valence-electron chi connectivity index (χ3n) is 1.84. The molecule has 4 heteroatoms. The van der Waals surface area contributed by atoms with Crippen molar-refractivity contribution in [3.05, 3.63) is 24.0 Å². The van der Waals surface area contributed by atoms with Crippen LogP contribution in [0.1, 0.15) is 12.1 Å². The zero-order valence-corrected chi connectivity index (χ0v) is 7.24. The first-order chi connectivity index (χ1) is 6.24. The average Bonchev–Trinajstić information content (AvgIpc) is 2.49. The van der Waals surface area contributed by atoms with E-state index in [4.69, 9.17) is 5.11 Å². The van der Waals surface area contributed by atoms with Gasteiger partial charge >= 0.3 is 5.97 Å². The van der Waals surface area contributed by atoms with Crippen LogP contribution in [0, 0.1) is 0 Å². The molecular formula is C9H12FNO2. The molecule has 0 spiro atoms. The smallest absolute Gasteiger partial charge is 0.303 e. The molecule has 0 saturated carbocycles. The van der Waals surface area contributed by atoms with Crippen molar-refractivity contribution in [1.29, 1.82) is 0 Å². The van der Waals surface area contributed by atoms with Crippen molar-refractivity contribution in [2.75, 3.05) is 6.67 Å². The van der Waals surface area contributed by atoms with Crippen LogP contribution < -0.4 is 0 Å². The lowest BCUT2D eigenvalue weighted by Gasteiger charge is -2.04. The summed E-state index contributed by atoms with van der Waals surface area (Å²) in [5, 5.41) is 8.45. The SMILES string of the molecule is O=C(O)CCc1cccn1CCF. The molecule has 1 aromatic heterocycles. The molecule has 1 rings (SSSR count). The third kappa shape index (κ3) is 2.89. The first-order valence-electron chi connectivity index (χ1n) is 4.16. The first kappa shape index (κ1) is 9.77. The van der Waals surface area contributed by atoms with Gasteiger partial charge in [0.1, 0.15) is 6.67 Å². The van der Waals surface area contributed by atoms with Gasteiger partial charge in [-0.15, -0.1) is 0 Å². The van der Waals surface area contributed by atoms with Crippen LogP contribution in [-0.2, 0) is 17.8 Å². The van der Waals surface area contributed by atoms with E-state index in [-0.39, 0.29) is 6.42 Å². The number of aromatic nitrogens is 1. The van der Waals surface area contributed by atoms with E-state index in [0.717, 1.165) is 5.69 Å². The summed E-state index contributed by atoms with van der Waals surface area (Å²) in [7, 11) is 0. The summed E-state index contributed by atoms with van der Waals surface area (Å²) >= 11 is 0. The Balaban J connectivity index is 2.54.